The van der Waals surface area contributed by atoms with E-state index in [1.165, 1.54) is 24.6 Å². The summed E-state index contributed by atoms with van der Waals surface area (Å²) in [6, 6.07) is 9.20. The Morgan fingerprint density at radius 2 is 1.84 bits per heavy atom. The zero-order valence-corrected chi connectivity index (χ0v) is 15.4. The highest BCUT2D eigenvalue weighted by Gasteiger charge is 2.12. The minimum atomic E-state index is 0.0591. The van der Waals surface area contributed by atoms with Crippen molar-refractivity contribution >= 4 is 11.8 Å². The third kappa shape index (κ3) is 5.63. The van der Waals surface area contributed by atoms with Crippen LogP contribution in [0.5, 0.6) is 0 Å². The molecular weight excluding hydrogens is 332 g/mol. The smallest absolute Gasteiger partial charge is 0.111 e. The van der Waals surface area contributed by atoms with Crippen LogP contribution in [0.1, 0.15) is 43.6 Å². The lowest BCUT2D eigenvalue weighted by Gasteiger charge is -2.08. The molecule has 0 unspecified atom stereocenters. The fourth-order valence-electron chi connectivity index (χ4n) is 2.19. The second kappa shape index (κ2) is 9.27. The van der Waals surface area contributed by atoms with Crippen molar-refractivity contribution in [3.05, 3.63) is 41.3 Å². The third-order valence-electron chi connectivity index (χ3n) is 3.81. The molecule has 1 saturated carbocycles. The SMILES string of the molecule is CC1CC1.CCn1c(Sc2cc(C#N)cc(C#N)c2)cnc1CCO. The summed E-state index contributed by atoms with van der Waals surface area (Å²) in [5.74, 6) is 1.92. The first-order valence-electron chi connectivity index (χ1n) is 8.39. The van der Waals surface area contributed by atoms with Crippen LogP contribution in [-0.4, -0.2) is 21.3 Å². The van der Waals surface area contributed by atoms with Crippen LogP contribution < -0.4 is 0 Å². The van der Waals surface area contributed by atoms with Gasteiger partial charge in [0.2, 0.25) is 0 Å². The van der Waals surface area contributed by atoms with Crippen molar-refractivity contribution in [3.63, 3.8) is 0 Å². The van der Waals surface area contributed by atoms with Crippen LogP contribution in [0.4, 0.5) is 0 Å². The van der Waals surface area contributed by atoms with E-state index in [0.29, 0.717) is 17.5 Å². The van der Waals surface area contributed by atoms with E-state index in [4.69, 9.17) is 15.6 Å². The van der Waals surface area contributed by atoms with Crippen molar-refractivity contribution in [3.8, 4) is 12.1 Å². The number of benzene rings is 1. The van der Waals surface area contributed by atoms with Crippen LogP contribution in [-0.2, 0) is 13.0 Å². The molecule has 0 aliphatic heterocycles. The van der Waals surface area contributed by atoms with Crippen molar-refractivity contribution in [1.82, 2.24) is 9.55 Å². The summed E-state index contributed by atoms with van der Waals surface area (Å²) in [4.78, 5) is 5.14. The number of imidazole rings is 1. The molecule has 0 spiro atoms. The maximum atomic E-state index is 9.04. The zero-order valence-electron chi connectivity index (χ0n) is 14.6. The van der Waals surface area contributed by atoms with Gasteiger partial charge in [-0.15, -0.1) is 0 Å². The predicted octanol–water partition coefficient (Wildman–Crippen LogP) is 3.75. The Hall–Kier alpha value is -2.28. The van der Waals surface area contributed by atoms with Gasteiger partial charge in [0.1, 0.15) is 5.82 Å². The van der Waals surface area contributed by atoms with Crippen molar-refractivity contribution < 1.29 is 5.11 Å². The molecule has 25 heavy (non-hydrogen) atoms. The summed E-state index contributed by atoms with van der Waals surface area (Å²) in [5.41, 5.74) is 0.935. The number of hydrogen-bond acceptors (Lipinski definition) is 5. The van der Waals surface area contributed by atoms with E-state index >= 15 is 0 Å². The molecule has 0 radical (unpaired) electrons. The van der Waals surface area contributed by atoms with Crippen molar-refractivity contribution in [1.29, 1.82) is 10.5 Å². The van der Waals surface area contributed by atoms with E-state index < -0.39 is 0 Å². The summed E-state index contributed by atoms with van der Waals surface area (Å²) < 4.78 is 2.02. The Morgan fingerprint density at radius 3 is 2.28 bits per heavy atom. The molecule has 5 nitrogen and oxygen atoms in total. The Balaban J connectivity index is 0.000000493. The third-order valence-corrected chi connectivity index (χ3v) is 4.81. The van der Waals surface area contributed by atoms with Crippen LogP contribution in [0.15, 0.2) is 34.3 Å². The molecule has 2 aromatic rings. The quantitative estimate of drug-likeness (QED) is 0.884. The number of nitrogens with zero attached hydrogens (tertiary/aromatic N) is 4. The average Bonchev–Trinajstić information content (AvgIpc) is 3.32. The van der Waals surface area contributed by atoms with E-state index in [1.807, 2.05) is 11.5 Å². The Bertz CT molecular complexity index is 764. The molecular formula is C19H22N4OS. The predicted molar refractivity (Wildman–Crippen MR) is 97.1 cm³/mol. The van der Waals surface area contributed by atoms with Gasteiger partial charge >= 0.3 is 0 Å². The molecule has 130 valence electrons. The van der Waals surface area contributed by atoms with Gasteiger partial charge in [-0.1, -0.05) is 31.5 Å². The van der Waals surface area contributed by atoms with Gasteiger partial charge in [0, 0.05) is 17.9 Å². The Kier molecular flexibility index (Phi) is 7.06. The minimum absolute atomic E-state index is 0.0591. The van der Waals surface area contributed by atoms with Gasteiger partial charge in [-0.05, 0) is 31.0 Å². The molecule has 1 heterocycles. The van der Waals surface area contributed by atoms with Gasteiger partial charge in [-0.3, -0.25) is 0 Å². The number of rotatable bonds is 5. The molecule has 1 aliphatic rings. The fourth-order valence-corrected chi connectivity index (χ4v) is 3.25. The second-order valence-corrected chi connectivity index (χ2v) is 7.08. The lowest BCUT2D eigenvalue weighted by Crippen LogP contribution is -2.05. The maximum Gasteiger partial charge on any atom is 0.111 e. The van der Waals surface area contributed by atoms with E-state index in [2.05, 4.69) is 24.0 Å². The first-order valence-corrected chi connectivity index (χ1v) is 9.21. The van der Waals surface area contributed by atoms with E-state index in [1.54, 1.807) is 24.4 Å². The van der Waals surface area contributed by atoms with Crippen LogP contribution >= 0.6 is 11.8 Å². The second-order valence-electron chi connectivity index (χ2n) is 5.98. The van der Waals surface area contributed by atoms with Crippen LogP contribution in [0.2, 0.25) is 0 Å². The highest BCUT2D eigenvalue weighted by atomic mass is 32.2. The first kappa shape index (κ1) is 19.1. The van der Waals surface area contributed by atoms with Crippen LogP contribution in [0.25, 0.3) is 0 Å². The highest BCUT2D eigenvalue weighted by molar-refractivity contribution is 7.99. The molecule has 0 bridgehead atoms. The van der Waals surface area contributed by atoms with Crippen LogP contribution in [0.3, 0.4) is 0 Å². The first-order chi connectivity index (χ1) is 12.1. The van der Waals surface area contributed by atoms with Gasteiger partial charge in [0.25, 0.3) is 0 Å². The van der Waals surface area contributed by atoms with Gasteiger partial charge in [0.05, 0.1) is 41.1 Å². The van der Waals surface area contributed by atoms with Crippen molar-refractivity contribution in [2.75, 3.05) is 6.61 Å². The number of aliphatic hydroxyl groups excluding tert-OH is 1. The zero-order chi connectivity index (χ0) is 18.2. The number of aliphatic hydroxyl groups is 1. The molecule has 1 fully saturated rings. The normalized spacial score (nSPS) is 12.7. The Morgan fingerprint density at radius 1 is 1.24 bits per heavy atom. The van der Waals surface area contributed by atoms with E-state index in [0.717, 1.165) is 28.2 Å². The summed E-state index contributed by atoms with van der Waals surface area (Å²) in [6.45, 7) is 5.10. The maximum absolute atomic E-state index is 9.04. The molecule has 1 N–H and O–H groups in total. The van der Waals surface area contributed by atoms with E-state index in [-0.39, 0.29) is 6.61 Å². The molecule has 1 aromatic heterocycles. The van der Waals surface area contributed by atoms with Gasteiger partial charge in [-0.2, -0.15) is 10.5 Å². The molecule has 3 rings (SSSR count). The molecule has 0 saturated heterocycles. The standard InChI is InChI=1S/C15H14N4OS.C4H8/c1-2-19-14(3-4-20)18-10-15(19)21-13-6-11(8-16)5-12(7-13)9-17;1-4-2-3-4/h5-7,10,20H,2-4H2,1H3;4H,2-3H2,1H3. The topological polar surface area (TPSA) is 85.6 Å². The molecule has 1 aromatic carbocycles. The number of nitriles is 2. The van der Waals surface area contributed by atoms with Crippen molar-refractivity contribution in [2.24, 2.45) is 5.92 Å². The molecule has 0 amide bonds. The van der Waals surface area contributed by atoms with Crippen molar-refractivity contribution in [2.45, 2.75) is 49.6 Å². The molecule has 6 heteroatoms. The van der Waals surface area contributed by atoms with Gasteiger partial charge < -0.3 is 9.67 Å². The highest BCUT2D eigenvalue weighted by Crippen LogP contribution is 2.30. The summed E-state index contributed by atoms with van der Waals surface area (Å²) in [7, 11) is 0. The molecule has 1 aliphatic carbocycles. The van der Waals surface area contributed by atoms with Crippen LogP contribution in [0, 0.1) is 28.6 Å². The average molecular weight is 354 g/mol. The summed E-state index contributed by atoms with van der Waals surface area (Å²) in [5, 5.41) is 28.0. The summed E-state index contributed by atoms with van der Waals surface area (Å²) >= 11 is 1.46. The van der Waals surface area contributed by atoms with Gasteiger partial charge in [0.15, 0.2) is 0 Å². The monoisotopic (exact) mass is 354 g/mol. The number of hydrogen-bond donors (Lipinski definition) is 1. The lowest BCUT2D eigenvalue weighted by atomic mass is 10.1. The fraction of sp³-hybridized carbons (Fsp3) is 0.421. The number of aromatic nitrogens is 2. The van der Waals surface area contributed by atoms with Gasteiger partial charge in [-0.25, -0.2) is 4.98 Å². The largest absolute Gasteiger partial charge is 0.396 e. The molecule has 0 atom stereocenters. The van der Waals surface area contributed by atoms with E-state index in [9.17, 15) is 0 Å². The Labute approximate surface area is 152 Å². The lowest BCUT2D eigenvalue weighted by molar-refractivity contribution is 0.294. The minimum Gasteiger partial charge on any atom is -0.396 e. The summed E-state index contributed by atoms with van der Waals surface area (Å²) in [6.07, 6.45) is 5.24.